The lowest BCUT2D eigenvalue weighted by Crippen LogP contribution is -2.28. The van der Waals surface area contributed by atoms with Gasteiger partial charge in [-0.1, -0.05) is 6.07 Å². The van der Waals surface area contributed by atoms with Crippen LogP contribution >= 0.6 is 0 Å². The van der Waals surface area contributed by atoms with Crippen molar-refractivity contribution in [3.63, 3.8) is 0 Å². The molecule has 2 aromatic carbocycles. The summed E-state index contributed by atoms with van der Waals surface area (Å²) in [6.45, 7) is 10.1. The molecule has 7 nitrogen and oxygen atoms in total. The summed E-state index contributed by atoms with van der Waals surface area (Å²) in [5.74, 6) is -0.260. The van der Waals surface area contributed by atoms with Gasteiger partial charge in [-0.15, -0.1) is 0 Å². The van der Waals surface area contributed by atoms with Crippen molar-refractivity contribution in [1.82, 2.24) is 15.0 Å². The number of hydrogen-bond donors (Lipinski definition) is 1. The highest BCUT2D eigenvalue weighted by Gasteiger charge is 2.33. The topological polar surface area (TPSA) is 94.4 Å². The molecule has 0 amide bonds. The number of carboxylic acids is 1. The van der Waals surface area contributed by atoms with E-state index in [-0.39, 0.29) is 0 Å². The first-order chi connectivity index (χ1) is 19.1. The predicted molar refractivity (Wildman–Crippen MR) is 156 cm³/mol. The molecule has 40 heavy (non-hydrogen) atoms. The highest BCUT2D eigenvalue weighted by molar-refractivity contribution is 6.08. The summed E-state index contributed by atoms with van der Waals surface area (Å²) in [4.78, 5) is 27.1. The molecule has 0 radical (unpaired) electrons. The predicted octanol–water partition coefficient (Wildman–Crippen LogP) is 7.00. The largest absolute Gasteiger partial charge is 0.493 e. The monoisotopic (exact) mass is 533 g/mol. The lowest BCUT2D eigenvalue weighted by atomic mass is 9.86. The van der Waals surface area contributed by atoms with Crippen molar-refractivity contribution in [1.29, 1.82) is 0 Å². The maximum absolute atomic E-state index is 12.8. The number of hydrogen-bond acceptors (Lipinski definition) is 6. The summed E-state index contributed by atoms with van der Waals surface area (Å²) in [5.41, 5.74) is 7.54. The number of ether oxygens (including phenoxy) is 2. The van der Waals surface area contributed by atoms with Gasteiger partial charge < -0.3 is 14.6 Å². The second kappa shape index (κ2) is 9.68. The molecule has 1 aliphatic rings. The van der Waals surface area contributed by atoms with E-state index in [0.29, 0.717) is 12.2 Å². The number of rotatable bonds is 5. The molecule has 0 bridgehead atoms. The van der Waals surface area contributed by atoms with Gasteiger partial charge in [-0.05, 0) is 99.3 Å². The molecule has 0 spiro atoms. The van der Waals surface area contributed by atoms with E-state index in [2.05, 4.69) is 4.98 Å². The molecule has 1 aliphatic heterocycles. The molecule has 0 saturated heterocycles. The van der Waals surface area contributed by atoms with Crippen molar-refractivity contribution in [3.05, 3.63) is 83.2 Å². The van der Waals surface area contributed by atoms with Crippen LogP contribution in [-0.2, 0) is 16.0 Å². The Balaban J connectivity index is 1.70. The fourth-order valence-electron chi connectivity index (χ4n) is 5.63. The molecule has 3 aromatic heterocycles. The van der Waals surface area contributed by atoms with Crippen LogP contribution in [0.15, 0.2) is 60.9 Å². The minimum Gasteiger partial charge on any atom is -0.493 e. The van der Waals surface area contributed by atoms with Crippen LogP contribution in [0.25, 0.3) is 44.3 Å². The summed E-state index contributed by atoms with van der Waals surface area (Å²) in [6, 6.07) is 15.8. The fraction of sp³-hybridized carbons (Fsp3) is 0.273. The molecule has 7 heteroatoms. The zero-order valence-corrected chi connectivity index (χ0v) is 23.3. The Labute approximate surface area is 232 Å². The summed E-state index contributed by atoms with van der Waals surface area (Å²) < 4.78 is 12.2. The fourth-order valence-corrected chi connectivity index (χ4v) is 5.63. The Morgan fingerprint density at radius 3 is 2.60 bits per heavy atom. The van der Waals surface area contributed by atoms with Gasteiger partial charge in [-0.25, -0.2) is 9.78 Å². The van der Waals surface area contributed by atoms with Crippen molar-refractivity contribution in [2.24, 2.45) is 0 Å². The molecule has 0 unspecified atom stereocenters. The third-order valence-corrected chi connectivity index (χ3v) is 7.29. The highest BCUT2D eigenvalue weighted by Crippen LogP contribution is 2.45. The summed E-state index contributed by atoms with van der Waals surface area (Å²) >= 11 is 0. The first kappa shape index (κ1) is 25.9. The minimum atomic E-state index is -1.20. The van der Waals surface area contributed by atoms with Crippen LogP contribution in [0.1, 0.15) is 49.1 Å². The van der Waals surface area contributed by atoms with E-state index in [1.807, 2.05) is 89.3 Å². The number of nitrogens with zero attached hydrogens (tertiary/aromatic N) is 3. The van der Waals surface area contributed by atoms with Gasteiger partial charge in [0.2, 0.25) is 0 Å². The number of aryl methyl sites for hydroxylation is 2. The zero-order valence-electron chi connectivity index (χ0n) is 23.3. The van der Waals surface area contributed by atoms with Gasteiger partial charge in [0.05, 0.1) is 34.6 Å². The molecule has 0 saturated carbocycles. The van der Waals surface area contributed by atoms with Crippen molar-refractivity contribution in [2.45, 2.75) is 52.7 Å². The summed E-state index contributed by atoms with van der Waals surface area (Å²) in [5, 5.41) is 12.2. The Morgan fingerprint density at radius 1 is 1.02 bits per heavy atom. The minimum absolute atomic E-state index is 0.595. The Hall–Kier alpha value is -4.36. The van der Waals surface area contributed by atoms with Crippen LogP contribution in [0.3, 0.4) is 0 Å². The summed E-state index contributed by atoms with van der Waals surface area (Å²) in [7, 11) is 0. The maximum atomic E-state index is 12.8. The molecule has 5 aromatic rings. The van der Waals surface area contributed by atoms with Crippen molar-refractivity contribution in [3.8, 4) is 28.3 Å². The van der Waals surface area contributed by atoms with Crippen LogP contribution in [0.2, 0.25) is 0 Å². The average Bonchev–Trinajstić information content (AvgIpc) is 2.91. The van der Waals surface area contributed by atoms with Crippen LogP contribution in [0.5, 0.6) is 5.75 Å². The molecule has 0 fully saturated rings. The van der Waals surface area contributed by atoms with Gasteiger partial charge in [0.1, 0.15) is 5.75 Å². The van der Waals surface area contributed by atoms with Gasteiger partial charge in [0.15, 0.2) is 6.10 Å². The molecule has 6 rings (SSSR count). The van der Waals surface area contributed by atoms with Gasteiger partial charge >= 0.3 is 5.97 Å². The lowest BCUT2D eigenvalue weighted by Gasteiger charge is -2.29. The molecule has 1 N–H and O–H groups in total. The summed E-state index contributed by atoms with van der Waals surface area (Å²) in [6.07, 6.45) is 3.17. The lowest BCUT2D eigenvalue weighted by molar-refractivity contribution is -0.160. The molecule has 1 atom stereocenters. The first-order valence-corrected chi connectivity index (χ1v) is 13.4. The Morgan fingerprint density at radius 2 is 1.85 bits per heavy atom. The second-order valence-electron chi connectivity index (χ2n) is 11.3. The number of aromatic nitrogens is 3. The Kier molecular flexibility index (Phi) is 6.27. The number of carbonyl (C=O) groups is 1. The molecule has 0 aliphatic carbocycles. The van der Waals surface area contributed by atoms with Crippen LogP contribution < -0.4 is 4.74 Å². The van der Waals surface area contributed by atoms with Gasteiger partial charge in [0, 0.05) is 40.7 Å². The van der Waals surface area contributed by atoms with E-state index in [1.165, 1.54) is 5.56 Å². The van der Waals surface area contributed by atoms with Crippen molar-refractivity contribution in [2.75, 3.05) is 6.61 Å². The smallest absolute Gasteiger partial charge is 0.337 e. The van der Waals surface area contributed by atoms with Gasteiger partial charge in [-0.2, -0.15) is 0 Å². The van der Waals surface area contributed by atoms with Gasteiger partial charge in [-0.3, -0.25) is 9.97 Å². The third kappa shape index (κ3) is 4.46. The number of fused-ring (bicyclic) bond motifs is 1. The molecular formula is C33H31N3O4. The number of benzene rings is 2. The van der Waals surface area contributed by atoms with Crippen LogP contribution in [0.4, 0.5) is 0 Å². The molecule has 202 valence electrons. The number of aliphatic carboxylic acids is 1. The molecule has 4 heterocycles. The van der Waals surface area contributed by atoms with E-state index in [0.717, 1.165) is 67.6 Å². The highest BCUT2D eigenvalue weighted by atomic mass is 16.5. The third-order valence-electron chi connectivity index (χ3n) is 7.29. The zero-order chi connectivity index (χ0) is 28.2. The van der Waals surface area contributed by atoms with Crippen LogP contribution in [-0.4, -0.2) is 38.2 Å². The van der Waals surface area contributed by atoms with Gasteiger partial charge in [0.25, 0.3) is 0 Å². The second-order valence-corrected chi connectivity index (χ2v) is 11.3. The Bertz CT molecular complexity index is 1800. The standard InChI is InChI=1S/C33H31N3O4/c1-18-7-6-14-34-29(18)23-10-8-21-24(36-23)17-19(2)26(31(32(37)38)40-33(3,4)5)28(21)22-9-11-25-27-20(13-16-39-25)12-15-35-30(22)27/h6-12,14-15,17,31H,13,16H2,1-5H3,(H,37,38)/t31-/m0/s1. The first-order valence-electron chi connectivity index (χ1n) is 13.4. The average molecular weight is 534 g/mol. The van der Waals surface area contributed by atoms with E-state index < -0.39 is 17.7 Å². The number of carboxylic acid groups (broad SMARTS) is 1. The van der Waals surface area contributed by atoms with E-state index in [9.17, 15) is 9.90 Å². The SMILES string of the molecule is Cc1cccnc1-c1ccc2c(-c3ccc4c5c(ccnc35)CCO4)c([C@H](OC(C)(C)C)C(=O)O)c(C)cc2n1. The van der Waals surface area contributed by atoms with E-state index in [1.54, 1.807) is 6.20 Å². The quantitative estimate of drug-likeness (QED) is 0.260. The van der Waals surface area contributed by atoms with Crippen molar-refractivity contribution >= 4 is 27.8 Å². The van der Waals surface area contributed by atoms with E-state index >= 15 is 0 Å². The van der Waals surface area contributed by atoms with Crippen LogP contribution in [0, 0.1) is 13.8 Å². The van der Waals surface area contributed by atoms with Crippen molar-refractivity contribution < 1.29 is 19.4 Å². The molecular weight excluding hydrogens is 502 g/mol. The van der Waals surface area contributed by atoms with E-state index in [4.69, 9.17) is 19.4 Å². The normalized spacial score (nSPS) is 13.8. The maximum Gasteiger partial charge on any atom is 0.337 e. The number of pyridine rings is 3.